The van der Waals surface area contributed by atoms with Crippen molar-refractivity contribution >= 4 is 35.6 Å². The summed E-state index contributed by atoms with van der Waals surface area (Å²) in [6.07, 6.45) is 5.20. The number of nitrogens with one attached hydrogen (secondary N) is 2. The summed E-state index contributed by atoms with van der Waals surface area (Å²) in [6, 6.07) is 7.17. The molecule has 2 rings (SSSR count). The quantitative estimate of drug-likeness (QED) is 0.426. The van der Waals surface area contributed by atoms with Crippen LogP contribution in [0.1, 0.15) is 43.7 Å². The number of nitrogens with zero attached hydrogens (tertiary/aromatic N) is 2. The molecule has 0 unspecified atom stereocenters. The normalized spacial score (nSPS) is 15.2. The number of halogens is 1. The molecule has 1 aliphatic rings. The van der Waals surface area contributed by atoms with E-state index in [1.807, 2.05) is 0 Å². The molecule has 1 aromatic rings. The molecule has 1 aromatic carbocycles. The van der Waals surface area contributed by atoms with Crippen molar-refractivity contribution in [2.45, 2.75) is 52.1 Å². The van der Waals surface area contributed by atoms with Gasteiger partial charge in [0.05, 0.1) is 6.54 Å². The van der Waals surface area contributed by atoms with E-state index in [-0.39, 0.29) is 24.0 Å². The molecule has 23 heavy (non-hydrogen) atoms. The van der Waals surface area contributed by atoms with Crippen LogP contribution in [0.4, 0.5) is 5.69 Å². The largest absolute Gasteiger partial charge is 0.378 e. The van der Waals surface area contributed by atoms with Crippen LogP contribution in [-0.2, 0) is 6.54 Å². The Balaban J connectivity index is 0.00000264. The van der Waals surface area contributed by atoms with Gasteiger partial charge in [0, 0.05) is 32.4 Å². The topological polar surface area (TPSA) is 39.7 Å². The molecule has 2 N–H and O–H groups in total. The van der Waals surface area contributed by atoms with E-state index in [9.17, 15) is 0 Å². The fraction of sp³-hybridized carbons (Fsp3) is 0.611. The van der Waals surface area contributed by atoms with Crippen LogP contribution in [0.15, 0.2) is 23.2 Å². The van der Waals surface area contributed by atoms with E-state index >= 15 is 0 Å². The Labute approximate surface area is 158 Å². The molecule has 1 aliphatic carbocycles. The third-order valence-corrected chi connectivity index (χ3v) is 4.29. The van der Waals surface area contributed by atoms with Crippen molar-refractivity contribution in [2.75, 3.05) is 25.5 Å². The van der Waals surface area contributed by atoms with E-state index in [2.05, 4.69) is 61.7 Å². The molecule has 0 radical (unpaired) electrons. The molecule has 4 nitrogen and oxygen atoms in total. The molecule has 1 saturated carbocycles. The number of rotatable bonds is 5. The molecule has 0 aromatic heterocycles. The average molecular weight is 430 g/mol. The second-order valence-corrected chi connectivity index (χ2v) is 6.33. The van der Waals surface area contributed by atoms with Gasteiger partial charge >= 0.3 is 0 Å². The van der Waals surface area contributed by atoms with Gasteiger partial charge in [0.1, 0.15) is 0 Å². The lowest BCUT2D eigenvalue weighted by molar-refractivity contribution is 0.614. The summed E-state index contributed by atoms with van der Waals surface area (Å²) in [5.74, 6) is 0.950. The lowest BCUT2D eigenvalue weighted by Crippen LogP contribution is -2.42. The minimum absolute atomic E-state index is 0. The van der Waals surface area contributed by atoms with E-state index in [0.717, 1.165) is 19.0 Å². The second kappa shape index (κ2) is 10.0. The Morgan fingerprint density at radius 3 is 2.52 bits per heavy atom. The standard InChI is InChI=1S/C18H30N4.HI/c1-5-19-18(21-16-8-6-7-9-16)20-13-15-10-11-17(22(3)4)12-14(15)2;/h10-12,16H,5-9,13H2,1-4H3,(H2,19,20,21);1H. The zero-order valence-electron chi connectivity index (χ0n) is 14.9. The average Bonchev–Trinajstić information content (AvgIpc) is 2.98. The monoisotopic (exact) mass is 430 g/mol. The van der Waals surface area contributed by atoms with Crippen molar-refractivity contribution in [1.82, 2.24) is 10.6 Å². The first-order valence-corrected chi connectivity index (χ1v) is 8.42. The summed E-state index contributed by atoms with van der Waals surface area (Å²) in [5.41, 5.74) is 3.82. The van der Waals surface area contributed by atoms with E-state index in [1.54, 1.807) is 0 Å². The van der Waals surface area contributed by atoms with Crippen molar-refractivity contribution in [3.8, 4) is 0 Å². The highest BCUT2D eigenvalue weighted by Gasteiger charge is 2.15. The highest BCUT2D eigenvalue weighted by atomic mass is 127. The third-order valence-electron chi connectivity index (χ3n) is 4.29. The van der Waals surface area contributed by atoms with Crippen LogP contribution in [0.25, 0.3) is 0 Å². The molecule has 0 bridgehead atoms. The van der Waals surface area contributed by atoms with Gasteiger partial charge in [0.15, 0.2) is 5.96 Å². The van der Waals surface area contributed by atoms with E-state index in [1.165, 1.54) is 42.5 Å². The number of anilines is 1. The maximum Gasteiger partial charge on any atom is 0.191 e. The van der Waals surface area contributed by atoms with Crippen LogP contribution in [0.3, 0.4) is 0 Å². The SMILES string of the molecule is CCNC(=NCc1ccc(N(C)C)cc1C)NC1CCCC1.I. The van der Waals surface area contributed by atoms with Crippen LogP contribution < -0.4 is 15.5 Å². The van der Waals surface area contributed by atoms with Gasteiger partial charge in [-0.1, -0.05) is 18.9 Å². The van der Waals surface area contributed by atoms with Crippen molar-refractivity contribution in [3.05, 3.63) is 29.3 Å². The Morgan fingerprint density at radius 2 is 1.96 bits per heavy atom. The molecule has 0 spiro atoms. The van der Waals surface area contributed by atoms with E-state index in [0.29, 0.717) is 6.04 Å². The summed E-state index contributed by atoms with van der Waals surface area (Å²) in [5, 5.41) is 6.93. The molecule has 0 amide bonds. The Morgan fingerprint density at radius 1 is 1.26 bits per heavy atom. The number of hydrogen-bond donors (Lipinski definition) is 2. The third kappa shape index (κ3) is 6.20. The molecule has 0 heterocycles. The van der Waals surface area contributed by atoms with Crippen LogP contribution in [0, 0.1) is 6.92 Å². The fourth-order valence-corrected chi connectivity index (χ4v) is 2.88. The number of hydrogen-bond acceptors (Lipinski definition) is 2. The first-order chi connectivity index (χ1) is 10.6. The Hall–Kier alpha value is -0.980. The summed E-state index contributed by atoms with van der Waals surface area (Å²) in [6.45, 7) is 5.90. The summed E-state index contributed by atoms with van der Waals surface area (Å²) >= 11 is 0. The van der Waals surface area contributed by atoms with Gasteiger partial charge in [-0.15, -0.1) is 24.0 Å². The summed E-state index contributed by atoms with van der Waals surface area (Å²) < 4.78 is 0. The van der Waals surface area contributed by atoms with Crippen LogP contribution in [0.2, 0.25) is 0 Å². The van der Waals surface area contributed by atoms with E-state index in [4.69, 9.17) is 4.99 Å². The van der Waals surface area contributed by atoms with Gasteiger partial charge in [0.2, 0.25) is 0 Å². The second-order valence-electron chi connectivity index (χ2n) is 6.33. The van der Waals surface area contributed by atoms with Crippen molar-refractivity contribution in [1.29, 1.82) is 0 Å². The van der Waals surface area contributed by atoms with Gasteiger partial charge < -0.3 is 15.5 Å². The zero-order valence-corrected chi connectivity index (χ0v) is 17.2. The molecule has 5 heteroatoms. The summed E-state index contributed by atoms with van der Waals surface area (Å²) in [4.78, 5) is 6.89. The highest BCUT2D eigenvalue weighted by molar-refractivity contribution is 14.0. The van der Waals surface area contributed by atoms with Gasteiger partial charge in [-0.3, -0.25) is 0 Å². The molecule has 0 saturated heterocycles. The summed E-state index contributed by atoms with van der Waals surface area (Å²) in [7, 11) is 4.14. The zero-order chi connectivity index (χ0) is 15.9. The molecular weight excluding hydrogens is 399 g/mol. The molecule has 0 aliphatic heterocycles. The minimum Gasteiger partial charge on any atom is -0.378 e. The maximum absolute atomic E-state index is 4.76. The van der Waals surface area contributed by atoms with Gasteiger partial charge in [-0.2, -0.15) is 0 Å². The smallest absolute Gasteiger partial charge is 0.191 e. The number of aryl methyl sites for hydroxylation is 1. The lowest BCUT2D eigenvalue weighted by Gasteiger charge is -2.17. The molecule has 130 valence electrons. The first kappa shape index (κ1) is 20.1. The predicted molar refractivity (Wildman–Crippen MR) is 111 cm³/mol. The molecular formula is C18H31IN4. The first-order valence-electron chi connectivity index (χ1n) is 8.42. The van der Waals surface area contributed by atoms with Gasteiger partial charge in [-0.25, -0.2) is 4.99 Å². The van der Waals surface area contributed by atoms with Gasteiger partial charge in [-0.05, 0) is 49.9 Å². The van der Waals surface area contributed by atoms with E-state index < -0.39 is 0 Å². The van der Waals surface area contributed by atoms with Crippen molar-refractivity contribution in [2.24, 2.45) is 4.99 Å². The van der Waals surface area contributed by atoms with Crippen LogP contribution in [-0.4, -0.2) is 32.6 Å². The highest BCUT2D eigenvalue weighted by Crippen LogP contribution is 2.19. The van der Waals surface area contributed by atoms with Gasteiger partial charge in [0.25, 0.3) is 0 Å². The van der Waals surface area contributed by atoms with Crippen molar-refractivity contribution in [3.63, 3.8) is 0 Å². The fourth-order valence-electron chi connectivity index (χ4n) is 2.88. The Kier molecular flexibility index (Phi) is 8.73. The van der Waals surface area contributed by atoms with Crippen molar-refractivity contribution < 1.29 is 0 Å². The minimum atomic E-state index is 0. The number of benzene rings is 1. The Bertz CT molecular complexity index is 508. The number of aliphatic imine (C=N–C) groups is 1. The lowest BCUT2D eigenvalue weighted by atomic mass is 10.1. The van der Waals surface area contributed by atoms with Crippen LogP contribution >= 0.6 is 24.0 Å². The predicted octanol–water partition coefficient (Wildman–Crippen LogP) is 3.68. The molecule has 1 fully saturated rings. The van der Waals surface area contributed by atoms with Crippen LogP contribution in [0.5, 0.6) is 0 Å². The number of guanidine groups is 1. The molecule has 0 atom stereocenters. The maximum atomic E-state index is 4.76.